The molecule has 0 saturated heterocycles. The predicted molar refractivity (Wildman–Crippen MR) is 90.5 cm³/mol. The number of amides is 1. The SMILES string of the molecule is CCCC(CN)(CCC)C(=O)N(CC)c1ccc(C)cc1. The molecule has 0 heterocycles. The van der Waals surface area contributed by atoms with Gasteiger partial charge in [-0.2, -0.15) is 0 Å². The molecule has 0 aliphatic rings. The van der Waals surface area contributed by atoms with Crippen LogP contribution >= 0.6 is 0 Å². The van der Waals surface area contributed by atoms with Crippen molar-refractivity contribution in [3.63, 3.8) is 0 Å². The van der Waals surface area contributed by atoms with Crippen molar-refractivity contribution in [3.8, 4) is 0 Å². The summed E-state index contributed by atoms with van der Waals surface area (Å²) in [5.74, 6) is 0.181. The van der Waals surface area contributed by atoms with Crippen LogP contribution in [-0.2, 0) is 4.79 Å². The molecule has 0 bridgehead atoms. The van der Waals surface area contributed by atoms with Crippen molar-refractivity contribution in [1.82, 2.24) is 0 Å². The first-order chi connectivity index (χ1) is 10.0. The minimum atomic E-state index is -0.412. The Morgan fingerprint density at radius 3 is 2.00 bits per heavy atom. The lowest BCUT2D eigenvalue weighted by Crippen LogP contribution is -2.48. The van der Waals surface area contributed by atoms with E-state index in [-0.39, 0.29) is 5.91 Å². The van der Waals surface area contributed by atoms with Gasteiger partial charge in [-0.25, -0.2) is 0 Å². The first kappa shape index (κ1) is 17.7. The number of nitrogens with two attached hydrogens (primary N) is 1. The number of carbonyl (C=O) groups excluding carboxylic acids is 1. The maximum Gasteiger partial charge on any atom is 0.234 e. The number of rotatable bonds is 8. The molecule has 0 saturated carbocycles. The van der Waals surface area contributed by atoms with Crippen molar-refractivity contribution in [3.05, 3.63) is 29.8 Å². The summed E-state index contributed by atoms with van der Waals surface area (Å²) in [5.41, 5.74) is 7.79. The summed E-state index contributed by atoms with van der Waals surface area (Å²) >= 11 is 0. The fourth-order valence-corrected chi connectivity index (χ4v) is 3.04. The standard InChI is InChI=1S/C18H30N2O/c1-5-12-18(14-19,13-6-2)17(21)20(7-3)16-10-8-15(4)9-11-16/h8-11H,5-7,12-14,19H2,1-4H3. The van der Waals surface area contributed by atoms with Gasteiger partial charge in [-0.1, -0.05) is 44.4 Å². The van der Waals surface area contributed by atoms with Crippen LogP contribution in [0, 0.1) is 12.3 Å². The Balaban J connectivity index is 3.11. The monoisotopic (exact) mass is 290 g/mol. The molecule has 0 aromatic heterocycles. The van der Waals surface area contributed by atoms with Gasteiger partial charge in [0, 0.05) is 18.8 Å². The van der Waals surface area contributed by atoms with Gasteiger partial charge in [0.05, 0.1) is 5.41 Å². The molecule has 0 atom stereocenters. The van der Waals surface area contributed by atoms with Crippen LogP contribution in [0.3, 0.4) is 0 Å². The van der Waals surface area contributed by atoms with Crippen LogP contribution in [0.4, 0.5) is 5.69 Å². The first-order valence-electron chi connectivity index (χ1n) is 8.13. The molecular formula is C18H30N2O. The van der Waals surface area contributed by atoms with Crippen molar-refractivity contribution in [2.24, 2.45) is 11.1 Å². The summed E-state index contributed by atoms with van der Waals surface area (Å²) in [5, 5.41) is 0. The van der Waals surface area contributed by atoms with Gasteiger partial charge < -0.3 is 10.6 Å². The number of anilines is 1. The average molecular weight is 290 g/mol. The van der Waals surface area contributed by atoms with Crippen molar-refractivity contribution >= 4 is 11.6 Å². The molecule has 3 heteroatoms. The summed E-state index contributed by atoms with van der Waals surface area (Å²) in [6.07, 6.45) is 3.68. The smallest absolute Gasteiger partial charge is 0.234 e. The largest absolute Gasteiger partial charge is 0.329 e. The van der Waals surface area contributed by atoms with Crippen LogP contribution in [0.1, 0.15) is 52.0 Å². The van der Waals surface area contributed by atoms with Crippen molar-refractivity contribution in [1.29, 1.82) is 0 Å². The second-order valence-corrected chi connectivity index (χ2v) is 5.87. The van der Waals surface area contributed by atoms with Crippen molar-refractivity contribution in [2.45, 2.75) is 53.4 Å². The molecule has 1 amide bonds. The van der Waals surface area contributed by atoms with Crippen LogP contribution < -0.4 is 10.6 Å². The summed E-state index contributed by atoms with van der Waals surface area (Å²) in [7, 11) is 0. The molecular weight excluding hydrogens is 260 g/mol. The maximum absolute atomic E-state index is 13.1. The normalized spacial score (nSPS) is 11.5. The van der Waals surface area contributed by atoms with Gasteiger partial charge in [0.15, 0.2) is 0 Å². The first-order valence-corrected chi connectivity index (χ1v) is 8.13. The Bertz CT molecular complexity index is 433. The number of hydrogen-bond acceptors (Lipinski definition) is 2. The van der Waals surface area contributed by atoms with Crippen molar-refractivity contribution in [2.75, 3.05) is 18.0 Å². The van der Waals surface area contributed by atoms with Gasteiger partial charge >= 0.3 is 0 Å². The van der Waals surface area contributed by atoms with Gasteiger partial charge in [-0.15, -0.1) is 0 Å². The van der Waals surface area contributed by atoms with E-state index in [1.807, 2.05) is 24.0 Å². The van der Waals surface area contributed by atoms with E-state index < -0.39 is 5.41 Å². The van der Waals surface area contributed by atoms with E-state index >= 15 is 0 Å². The van der Waals surface area contributed by atoms with Gasteiger partial charge in [-0.3, -0.25) is 4.79 Å². The molecule has 2 N–H and O–H groups in total. The maximum atomic E-state index is 13.1. The highest BCUT2D eigenvalue weighted by Gasteiger charge is 2.38. The number of hydrogen-bond donors (Lipinski definition) is 1. The fraction of sp³-hybridized carbons (Fsp3) is 0.611. The summed E-state index contributed by atoms with van der Waals surface area (Å²) in [6.45, 7) is 9.43. The number of aryl methyl sites for hydroxylation is 1. The summed E-state index contributed by atoms with van der Waals surface area (Å²) < 4.78 is 0. The highest BCUT2D eigenvalue weighted by molar-refractivity contribution is 5.97. The lowest BCUT2D eigenvalue weighted by atomic mass is 9.77. The Labute approximate surface area is 129 Å². The van der Waals surface area contributed by atoms with Crippen LogP contribution in [0.2, 0.25) is 0 Å². The molecule has 1 aromatic carbocycles. The zero-order chi connectivity index (χ0) is 15.9. The quantitative estimate of drug-likeness (QED) is 0.789. The summed E-state index contributed by atoms with van der Waals surface area (Å²) in [4.78, 5) is 15.0. The number of carbonyl (C=O) groups is 1. The molecule has 1 aromatic rings. The van der Waals surface area contributed by atoms with Crippen LogP contribution in [0.15, 0.2) is 24.3 Å². The molecule has 118 valence electrons. The zero-order valence-electron chi connectivity index (χ0n) is 14.0. The number of nitrogens with zero attached hydrogens (tertiary/aromatic N) is 1. The van der Waals surface area contributed by atoms with Crippen LogP contribution in [0.25, 0.3) is 0 Å². The third kappa shape index (κ3) is 4.07. The third-order valence-electron chi connectivity index (χ3n) is 4.21. The lowest BCUT2D eigenvalue weighted by molar-refractivity contribution is -0.128. The van der Waals surface area contributed by atoms with E-state index in [1.165, 1.54) is 5.56 Å². The molecule has 3 nitrogen and oxygen atoms in total. The van der Waals surface area contributed by atoms with E-state index in [0.29, 0.717) is 13.1 Å². The molecule has 21 heavy (non-hydrogen) atoms. The highest BCUT2D eigenvalue weighted by Crippen LogP contribution is 2.33. The molecule has 0 fully saturated rings. The van der Waals surface area contributed by atoms with E-state index in [0.717, 1.165) is 31.4 Å². The Morgan fingerprint density at radius 2 is 1.62 bits per heavy atom. The van der Waals surface area contributed by atoms with Gasteiger partial charge in [0.25, 0.3) is 0 Å². The average Bonchev–Trinajstić information content (AvgIpc) is 2.49. The molecule has 0 unspecified atom stereocenters. The lowest BCUT2D eigenvalue weighted by Gasteiger charge is -2.36. The Morgan fingerprint density at radius 1 is 1.10 bits per heavy atom. The van der Waals surface area contributed by atoms with Gasteiger partial charge in [-0.05, 0) is 38.8 Å². The third-order valence-corrected chi connectivity index (χ3v) is 4.21. The Kier molecular flexibility index (Phi) is 6.90. The van der Waals surface area contributed by atoms with Crippen LogP contribution in [-0.4, -0.2) is 19.0 Å². The minimum Gasteiger partial charge on any atom is -0.329 e. The molecule has 0 aliphatic heterocycles. The molecule has 1 rings (SSSR count). The van der Waals surface area contributed by atoms with Gasteiger partial charge in [0.2, 0.25) is 5.91 Å². The number of benzene rings is 1. The van der Waals surface area contributed by atoms with E-state index in [2.05, 4.69) is 32.9 Å². The fourth-order valence-electron chi connectivity index (χ4n) is 3.04. The topological polar surface area (TPSA) is 46.3 Å². The molecule has 0 spiro atoms. The van der Waals surface area contributed by atoms with Gasteiger partial charge in [0.1, 0.15) is 0 Å². The van der Waals surface area contributed by atoms with Crippen molar-refractivity contribution < 1.29 is 4.79 Å². The summed E-state index contributed by atoms with van der Waals surface area (Å²) in [6, 6.07) is 8.15. The van der Waals surface area contributed by atoms with E-state index in [9.17, 15) is 4.79 Å². The second kappa shape index (κ2) is 8.18. The van der Waals surface area contributed by atoms with Crippen LogP contribution in [0.5, 0.6) is 0 Å². The molecule has 0 aliphatic carbocycles. The van der Waals surface area contributed by atoms with E-state index in [4.69, 9.17) is 5.73 Å². The van der Waals surface area contributed by atoms with E-state index in [1.54, 1.807) is 0 Å². The predicted octanol–water partition coefficient (Wildman–Crippen LogP) is 3.89. The molecule has 0 radical (unpaired) electrons. The highest BCUT2D eigenvalue weighted by atomic mass is 16.2. The zero-order valence-corrected chi connectivity index (χ0v) is 14.0. The minimum absolute atomic E-state index is 0.181. The Hall–Kier alpha value is -1.35. The second-order valence-electron chi connectivity index (χ2n) is 5.87.